The summed E-state index contributed by atoms with van der Waals surface area (Å²) < 4.78 is 343. The van der Waals surface area contributed by atoms with E-state index in [9.17, 15) is 110 Å². The van der Waals surface area contributed by atoms with E-state index in [1.54, 1.807) is 12.4 Å². The summed E-state index contributed by atoms with van der Waals surface area (Å²) in [5.74, 6) is 0.0886. The van der Waals surface area contributed by atoms with Crippen molar-refractivity contribution >= 4 is 33.8 Å². The molecule has 28 heteroatoms. The molecule has 0 aliphatic rings. The van der Waals surface area contributed by atoms with Crippen molar-refractivity contribution in [3.8, 4) is 11.3 Å². The van der Waals surface area contributed by atoms with Crippen LogP contribution in [-0.2, 0) is 56.0 Å². The molecule has 0 unspecified atom stereocenters. The van der Waals surface area contributed by atoms with Gasteiger partial charge in [-0.15, -0.1) is 0 Å². The molecule has 0 saturated heterocycles. The Balaban J connectivity index is 0.000000378. The Hall–Kier alpha value is -7.55. The molecule has 420 valence electrons. The van der Waals surface area contributed by atoms with Crippen LogP contribution < -0.4 is 26.4 Å². The van der Waals surface area contributed by atoms with Gasteiger partial charge in [0.05, 0.1) is 56.9 Å². The number of halogens is 24. The van der Waals surface area contributed by atoms with Crippen molar-refractivity contribution in [2.24, 2.45) is 0 Å². The molecule has 3 nitrogen and oxygen atoms in total. The zero-order valence-electron chi connectivity index (χ0n) is 39.0. The lowest BCUT2D eigenvalue weighted by atomic mass is 9.12. The molecule has 79 heavy (non-hydrogen) atoms. The van der Waals surface area contributed by atoms with Gasteiger partial charge in [0.25, 0.3) is 0 Å². The Kier molecular flexibility index (Phi) is 16.3. The number of rotatable bonds is 8. The van der Waals surface area contributed by atoms with Crippen LogP contribution in [0.2, 0.25) is 0 Å². The molecule has 0 bridgehead atoms. The van der Waals surface area contributed by atoms with Gasteiger partial charge < -0.3 is 0 Å². The molecule has 7 rings (SSSR count). The van der Waals surface area contributed by atoms with Gasteiger partial charge in [-0.25, -0.2) is 0 Å². The molecule has 0 fully saturated rings. The highest BCUT2D eigenvalue weighted by atomic mass is 19.4. The predicted molar refractivity (Wildman–Crippen MR) is 235 cm³/mol. The maximum atomic E-state index is 14.2. The Morgan fingerprint density at radius 1 is 0.405 bits per heavy atom. The third-order valence-corrected chi connectivity index (χ3v) is 12.0. The maximum Gasteiger partial charge on any atom is 0.416 e. The van der Waals surface area contributed by atoms with Gasteiger partial charge in [0.2, 0.25) is 18.0 Å². The predicted octanol–water partition coefficient (Wildman–Crippen LogP) is 14.4. The Morgan fingerprint density at radius 3 is 0.987 bits per heavy atom. The fourth-order valence-electron chi connectivity index (χ4n) is 8.51. The summed E-state index contributed by atoms with van der Waals surface area (Å²) in [5, 5.41) is 0. The van der Waals surface area contributed by atoms with Crippen LogP contribution in [0.5, 0.6) is 0 Å². The normalized spacial score (nSPS) is 13.2. The van der Waals surface area contributed by atoms with Crippen LogP contribution in [0.3, 0.4) is 0 Å². The molecule has 0 N–H and O–H groups in total. The lowest BCUT2D eigenvalue weighted by Gasteiger charge is -2.46. The fourth-order valence-corrected chi connectivity index (χ4v) is 8.51. The lowest BCUT2D eigenvalue weighted by Crippen LogP contribution is -2.75. The number of carbonyl (C=O) groups excluding carboxylic acids is 1. The number of Topliss-reactive ketones (excluding diaryl/α,β-unsaturated/α-hetero) is 1. The molecule has 1 aromatic heterocycles. The summed E-state index contributed by atoms with van der Waals surface area (Å²) in [5.41, 5.74) is -26.3. The van der Waals surface area contributed by atoms with Crippen LogP contribution in [0.25, 0.3) is 11.3 Å². The largest absolute Gasteiger partial charge is 0.416 e. The molecule has 0 aliphatic carbocycles. The number of hydrogen-bond acceptors (Lipinski definition) is 2. The van der Waals surface area contributed by atoms with Crippen molar-refractivity contribution in [1.82, 2.24) is 4.98 Å². The molecule has 0 spiro atoms. The number of nitrogens with zero attached hydrogens (tertiary/aromatic N) is 2. The first-order valence-electron chi connectivity index (χ1n) is 21.8. The molecule has 0 amide bonds. The van der Waals surface area contributed by atoms with Crippen molar-refractivity contribution in [2.75, 3.05) is 0 Å². The lowest BCUT2D eigenvalue weighted by molar-refractivity contribution is -0.672. The van der Waals surface area contributed by atoms with E-state index in [2.05, 4.69) is 24.0 Å². The average Bonchev–Trinajstić information content (AvgIpc) is 3.54. The number of alkyl halides is 24. The third kappa shape index (κ3) is 14.0. The minimum absolute atomic E-state index is 0.0886. The Labute approximate surface area is 428 Å². The molecule has 0 radical (unpaired) electrons. The Bertz CT molecular complexity index is 2910. The first-order chi connectivity index (χ1) is 36.0. The summed E-state index contributed by atoms with van der Waals surface area (Å²) in [6, 6.07) is 8.75. The SMILES string of the molecule is Cc1cccc(-c2cncc[n+]2CC(=O)c2ccccc2)c1.FC(F)(F)c1cc([B-](c2cc(C(F)(F)F)cc(C(F)(F)F)c2)(c2cc(C(F)(F)F)cc(C(F)(F)F)c2)c2cc(C(F)(F)F)cc(C(F)(F)F)c2)cc(C(F)(F)F)c1. The van der Waals surface area contributed by atoms with Gasteiger partial charge >= 0.3 is 49.4 Å². The summed E-state index contributed by atoms with van der Waals surface area (Å²) in [6.07, 6.45) is -49.5. The summed E-state index contributed by atoms with van der Waals surface area (Å²) in [4.78, 5) is 16.6. The molecule has 0 saturated carbocycles. The van der Waals surface area contributed by atoms with Crippen LogP contribution in [0.1, 0.15) is 60.4 Å². The van der Waals surface area contributed by atoms with Gasteiger partial charge in [-0.1, -0.05) is 96.6 Å². The number of hydrogen-bond donors (Lipinski definition) is 0. The smallest absolute Gasteiger partial charge is 0.287 e. The van der Waals surface area contributed by atoms with Crippen LogP contribution in [0, 0.1) is 6.92 Å². The molecule has 7 aromatic rings. The van der Waals surface area contributed by atoms with E-state index in [4.69, 9.17) is 0 Å². The van der Waals surface area contributed by atoms with Gasteiger partial charge in [-0.05, 0) is 43.3 Å². The highest BCUT2D eigenvalue weighted by Crippen LogP contribution is 2.41. The fraction of sp³-hybridized carbons (Fsp3) is 0.196. The molecule has 1 heterocycles. The number of ketones is 1. The number of carbonyl (C=O) groups is 1. The first-order valence-corrected chi connectivity index (χ1v) is 21.8. The van der Waals surface area contributed by atoms with Crippen LogP contribution in [-0.4, -0.2) is 16.9 Å². The van der Waals surface area contributed by atoms with Crippen molar-refractivity contribution in [3.63, 3.8) is 0 Å². The van der Waals surface area contributed by atoms with Crippen molar-refractivity contribution in [1.29, 1.82) is 0 Å². The average molecular weight is 1150 g/mol. The second-order valence-electron chi connectivity index (χ2n) is 17.5. The second-order valence-corrected chi connectivity index (χ2v) is 17.5. The second kappa shape index (κ2) is 21.3. The van der Waals surface area contributed by atoms with Gasteiger partial charge in [0, 0.05) is 11.1 Å². The quantitative estimate of drug-likeness (QED) is 0.0658. The van der Waals surface area contributed by atoms with Gasteiger partial charge in [0.1, 0.15) is 6.15 Å². The molecule has 0 aliphatic heterocycles. The van der Waals surface area contributed by atoms with E-state index in [-0.39, 0.29) is 5.78 Å². The zero-order chi connectivity index (χ0) is 59.3. The molecule has 6 aromatic carbocycles. The van der Waals surface area contributed by atoms with Crippen molar-refractivity contribution in [3.05, 3.63) is 202 Å². The monoisotopic (exact) mass is 1150 g/mol. The van der Waals surface area contributed by atoms with Crippen molar-refractivity contribution < 1.29 is 115 Å². The van der Waals surface area contributed by atoms with Crippen LogP contribution >= 0.6 is 0 Å². The highest BCUT2D eigenvalue weighted by molar-refractivity contribution is 7.20. The van der Waals surface area contributed by atoms with E-state index >= 15 is 0 Å². The van der Waals surface area contributed by atoms with Crippen LogP contribution in [0.15, 0.2) is 146 Å². The minimum Gasteiger partial charge on any atom is -0.287 e. The number of benzene rings is 6. The minimum atomic E-state index is -6.13. The first kappa shape index (κ1) is 60.7. The summed E-state index contributed by atoms with van der Waals surface area (Å²) in [7, 11) is 0. The van der Waals surface area contributed by atoms with E-state index in [0.29, 0.717) is 6.54 Å². The molecular weight excluding hydrogens is 1120 g/mol. The van der Waals surface area contributed by atoms with E-state index in [1.165, 1.54) is 5.56 Å². The zero-order valence-corrected chi connectivity index (χ0v) is 39.0. The number of aromatic nitrogens is 2. The standard InChI is InChI=1S/C32H12BF24.C19H17N2O/c34-25(35,36)13-1-14(26(37,38)39)6-21(5-13)33(22-7-15(27(40,41)42)2-16(8-22)28(43,44)45,23-9-17(29(46,47)48)3-18(10-23)30(49,50)51)24-11-19(31(52,53)54)4-20(12-24)32(55,56)57;1-15-6-5-9-17(12-15)18-13-20-10-11-21(18)14-19(22)16-7-3-2-4-8-16/h1-12H;2-13H,14H2,1H3/q-1;+1. The van der Waals surface area contributed by atoms with E-state index < -0.39 is 195 Å². The van der Waals surface area contributed by atoms with Crippen molar-refractivity contribution in [2.45, 2.75) is 62.9 Å². The third-order valence-electron chi connectivity index (χ3n) is 12.0. The number of aryl methyl sites for hydroxylation is 1. The van der Waals surface area contributed by atoms with Gasteiger partial charge in [0.15, 0.2) is 6.20 Å². The van der Waals surface area contributed by atoms with E-state index in [0.717, 1.165) is 16.8 Å². The maximum absolute atomic E-state index is 14.2. The molecule has 0 atom stereocenters. The Morgan fingerprint density at radius 2 is 0.709 bits per heavy atom. The highest BCUT2D eigenvalue weighted by Gasteiger charge is 2.47. The summed E-state index contributed by atoms with van der Waals surface area (Å²) >= 11 is 0. The summed E-state index contributed by atoms with van der Waals surface area (Å²) in [6.45, 7) is 2.36. The van der Waals surface area contributed by atoms with Crippen LogP contribution in [0.4, 0.5) is 105 Å². The molecular formula is C51H29BF24N2O. The topological polar surface area (TPSA) is 33.8 Å². The van der Waals surface area contributed by atoms with Gasteiger partial charge in [-0.2, -0.15) is 132 Å². The van der Waals surface area contributed by atoms with E-state index in [1.807, 2.05) is 53.2 Å². The van der Waals surface area contributed by atoms with Gasteiger partial charge in [-0.3, -0.25) is 9.78 Å².